The van der Waals surface area contributed by atoms with Crippen molar-refractivity contribution in [3.63, 3.8) is 0 Å². The van der Waals surface area contributed by atoms with E-state index in [2.05, 4.69) is 5.32 Å². The summed E-state index contributed by atoms with van der Waals surface area (Å²) in [5, 5.41) is 3.12. The van der Waals surface area contributed by atoms with Crippen molar-refractivity contribution in [1.29, 1.82) is 0 Å². The van der Waals surface area contributed by atoms with E-state index >= 15 is 0 Å². The standard InChI is InChI=1S/C12H20N2O3/c1-8(15)9-6-12(2,11(16)17-5)13-10(9)7-14(3)4/h13H,6-7H2,1-5H3. The summed E-state index contributed by atoms with van der Waals surface area (Å²) in [6.07, 6.45) is 0.387. The molecule has 1 atom stereocenters. The highest BCUT2D eigenvalue weighted by Crippen LogP contribution is 2.29. The molecule has 0 aromatic rings. The molecular weight excluding hydrogens is 220 g/mol. The molecule has 0 bridgehead atoms. The molecule has 0 aromatic heterocycles. The summed E-state index contributed by atoms with van der Waals surface area (Å²) >= 11 is 0. The lowest BCUT2D eigenvalue weighted by molar-refractivity contribution is -0.147. The molecule has 1 aliphatic rings. The molecule has 0 spiro atoms. The van der Waals surface area contributed by atoms with Crippen molar-refractivity contribution in [2.75, 3.05) is 27.7 Å². The van der Waals surface area contributed by atoms with Gasteiger partial charge in [0.1, 0.15) is 5.54 Å². The summed E-state index contributed by atoms with van der Waals surface area (Å²) in [5.41, 5.74) is 0.683. The molecule has 17 heavy (non-hydrogen) atoms. The Morgan fingerprint density at radius 3 is 2.47 bits per heavy atom. The Labute approximate surface area is 102 Å². The zero-order valence-corrected chi connectivity index (χ0v) is 11.1. The number of ketones is 1. The molecule has 0 saturated heterocycles. The highest BCUT2D eigenvalue weighted by molar-refractivity contribution is 5.97. The van der Waals surface area contributed by atoms with E-state index in [1.807, 2.05) is 19.0 Å². The van der Waals surface area contributed by atoms with Crippen molar-refractivity contribution >= 4 is 11.8 Å². The third-order valence-corrected chi connectivity index (χ3v) is 2.86. The first kappa shape index (κ1) is 13.7. The third-order valence-electron chi connectivity index (χ3n) is 2.86. The van der Waals surface area contributed by atoms with Crippen molar-refractivity contribution in [2.45, 2.75) is 25.8 Å². The molecule has 5 nitrogen and oxygen atoms in total. The van der Waals surface area contributed by atoms with Gasteiger partial charge >= 0.3 is 5.97 Å². The average molecular weight is 240 g/mol. The van der Waals surface area contributed by atoms with Crippen molar-refractivity contribution in [2.24, 2.45) is 0 Å². The highest BCUT2D eigenvalue weighted by Gasteiger charge is 2.42. The molecule has 1 rings (SSSR count). The van der Waals surface area contributed by atoms with Gasteiger partial charge in [0.15, 0.2) is 5.78 Å². The maximum absolute atomic E-state index is 11.7. The summed E-state index contributed by atoms with van der Waals surface area (Å²) < 4.78 is 4.77. The second-order valence-electron chi connectivity index (χ2n) is 4.88. The van der Waals surface area contributed by atoms with Crippen LogP contribution in [0.1, 0.15) is 20.3 Å². The number of carbonyl (C=O) groups excluding carboxylic acids is 2. The summed E-state index contributed by atoms with van der Waals surface area (Å²) in [7, 11) is 5.19. The van der Waals surface area contributed by atoms with Gasteiger partial charge in [0.05, 0.1) is 7.11 Å². The normalized spacial score (nSPS) is 23.9. The molecule has 1 N–H and O–H groups in total. The number of methoxy groups -OCH3 is 1. The monoisotopic (exact) mass is 240 g/mol. The minimum Gasteiger partial charge on any atom is -0.467 e. The molecule has 0 fully saturated rings. The molecular formula is C12H20N2O3. The molecule has 0 aliphatic carbocycles. The van der Waals surface area contributed by atoms with Crippen molar-refractivity contribution < 1.29 is 14.3 Å². The van der Waals surface area contributed by atoms with Gasteiger partial charge in [-0.1, -0.05) is 0 Å². The predicted molar refractivity (Wildman–Crippen MR) is 64.4 cm³/mol. The Hall–Kier alpha value is -1.36. The first-order valence-electron chi connectivity index (χ1n) is 5.54. The first-order valence-corrected chi connectivity index (χ1v) is 5.54. The van der Waals surface area contributed by atoms with Crippen LogP contribution in [0, 0.1) is 0 Å². The van der Waals surface area contributed by atoms with Gasteiger partial charge in [-0.2, -0.15) is 0 Å². The van der Waals surface area contributed by atoms with Gasteiger partial charge in [0.25, 0.3) is 0 Å². The molecule has 1 heterocycles. The van der Waals surface area contributed by atoms with Crippen LogP contribution in [0.15, 0.2) is 11.3 Å². The molecule has 0 aromatic carbocycles. The summed E-state index contributed by atoms with van der Waals surface area (Å²) in [4.78, 5) is 25.2. The van der Waals surface area contributed by atoms with E-state index in [4.69, 9.17) is 4.74 Å². The van der Waals surface area contributed by atoms with E-state index in [9.17, 15) is 9.59 Å². The minimum atomic E-state index is -0.818. The van der Waals surface area contributed by atoms with Crippen LogP contribution in [-0.4, -0.2) is 49.9 Å². The van der Waals surface area contributed by atoms with Gasteiger partial charge in [-0.15, -0.1) is 0 Å². The molecule has 5 heteroatoms. The van der Waals surface area contributed by atoms with E-state index in [1.165, 1.54) is 14.0 Å². The van der Waals surface area contributed by atoms with Gasteiger partial charge < -0.3 is 15.0 Å². The van der Waals surface area contributed by atoms with Gasteiger partial charge in [0, 0.05) is 24.2 Å². The van der Waals surface area contributed by atoms with Crippen LogP contribution in [0.25, 0.3) is 0 Å². The number of Topliss-reactive ketones (excluding diaryl/α,β-unsaturated/α-hetero) is 1. The van der Waals surface area contributed by atoms with Crippen molar-refractivity contribution in [3.8, 4) is 0 Å². The van der Waals surface area contributed by atoms with Crippen molar-refractivity contribution in [1.82, 2.24) is 10.2 Å². The minimum absolute atomic E-state index is 0.00183. The fraction of sp³-hybridized carbons (Fsp3) is 0.667. The maximum atomic E-state index is 11.7. The number of nitrogens with zero attached hydrogens (tertiary/aromatic N) is 1. The highest BCUT2D eigenvalue weighted by atomic mass is 16.5. The number of ether oxygens (including phenoxy) is 1. The number of rotatable bonds is 4. The smallest absolute Gasteiger partial charge is 0.331 e. The third kappa shape index (κ3) is 2.85. The van der Waals surface area contributed by atoms with Crippen LogP contribution >= 0.6 is 0 Å². The van der Waals surface area contributed by atoms with Crippen LogP contribution in [0.4, 0.5) is 0 Å². The Balaban J connectivity index is 2.95. The number of esters is 1. The molecule has 0 saturated carbocycles. The lowest BCUT2D eigenvalue weighted by Gasteiger charge is -2.24. The lowest BCUT2D eigenvalue weighted by Crippen LogP contribution is -2.47. The Morgan fingerprint density at radius 1 is 1.47 bits per heavy atom. The quantitative estimate of drug-likeness (QED) is 0.717. The zero-order valence-electron chi connectivity index (χ0n) is 11.1. The van der Waals surface area contributed by atoms with Crippen LogP contribution in [0.5, 0.6) is 0 Å². The Kier molecular flexibility index (Phi) is 3.93. The van der Waals surface area contributed by atoms with Crippen LogP contribution < -0.4 is 5.32 Å². The van der Waals surface area contributed by atoms with E-state index in [0.717, 1.165) is 5.70 Å². The van der Waals surface area contributed by atoms with Crippen LogP contribution in [-0.2, 0) is 14.3 Å². The van der Waals surface area contributed by atoms with Gasteiger partial charge in [-0.25, -0.2) is 4.79 Å². The van der Waals surface area contributed by atoms with E-state index in [1.54, 1.807) is 6.92 Å². The van der Waals surface area contributed by atoms with Gasteiger partial charge in [-0.05, 0) is 27.9 Å². The summed E-state index contributed by atoms with van der Waals surface area (Å²) in [5.74, 6) is -0.341. The second kappa shape index (κ2) is 4.87. The summed E-state index contributed by atoms with van der Waals surface area (Å²) in [6.45, 7) is 3.89. The molecule has 1 aliphatic heterocycles. The van der Waals surface area contributed by atoms with E-state index < -0.39 is 5.54 Å². The first-order chi connectivity index (χ1) is 7.80. The number of likely N-dealkylation sites (N-methyl/N-ethyl adjacent to an activating group) is 1. The Morgan fingerprint density at radius 2 is 2.06 bits per heavy atom. The zero-order chi connectivity index (χ0) is 13.2. The number of hydrogen-bond acceptors (Lipinski definition) is 5. The lowest BCUT2D eigenvalue weighted by atomic mass is 9.95. The second-order valence-corrected chi connectivity index (χ2v) is 4.88. The fourth-order valence-electron chi connectivity index (χ4n) is 2.05. The van der Waals surface area contributed by atoms with Gasteiger partial charge in [0.2, 0.25) is 0 Å². The van der Waals surface area contributed by atoms with E-state index in [0.29, 0.717) is 18.5 Å². The molecule has 0 radical (unpaired) electrons. The Bertz CT molecular complexity index is 374. The maximum Gasteiger partial charge on any atom is 0.331 e. The van der Waals surface area contributed by atoms with E-state index in [-0.39, 0.29) is 11.8 Å². The molecule has 96 valence electrons. The number of nitrogens with one attached hydrogen (secondary N) is 1. The largest absolute Gasteiger partial charge is 0.467 e. The summed E-state index contributed by atoms with van der Waals surface area (Å²) in [6, 6.07) is 0. The molecule has 0 amide bonds. The van der Waals surface area contributed by atoms with Crippen LogP contribution in [0.3, 0.4) is 0 Å². The topological polar surface area (TPSA) is 58.6 Å². The number of hydrogen-bond donors (Lipinski definition) is 1. The van der Waals surface area contributed by atoms with Crippen LogP contribution in [0.2, 0.25) is 0 Å². The van der Waals surface area contributed by atoms with Gasteiger partial charge in [-0.3, -0.25) is 4.79 Å². The SMILES string of the molecule is COC(=O)C1(C)CC(C(C)=O)=C(CN(C)C)N1. The van der Waals surface area contributed by atoms with Crippen molar-refractivity contribution in [3.05, 3.63) is 11.3 Å². The average Bonchev–Trinajstić information content (AvgIpc) is 2.55. The molecule has 1 unspecified atom stereocenters. The number of carbonyl (C=O) groups is 2. The fourth-order valence-corrected chi connectivity index (χ4v) is 2.05. The predicted octanol–water partition coefficient (Wildman–Crippen LogP) is 0.316.